The Morgan fingerprint density at radius 3 is 2.48 bits per heavy atom. The molecule has 6 nitrogen and oxygen atoms in total. The second-order valence-corrected chi connectivity index (χ2v) is 6.91. The molecule has 0 spiro atoms. The van der Waals surface area contributed by atoms with Crippen molar-refractivity contribution in [2.45, 2.75) is 6.92 Å². The molecule has 0 unspecified atom stereocenters. The van der Waals surface area contributed by atoms with Gasteiger partial charge in [0.2, 0.25) is 0 Å². The number of ether oxygens (including phenoxy) is 1. The summed E-state index contributed by atoms with van der Waals surface area (Å²) in [5, 5.41) is 0.404. The van der Waals surface area contributed by atoms with Gasteiger partial charge in [0.15, 0.2) is 0 Å². The summed E-state index contributed by atoms with van der Waals surface area (Å²) >= 11 is 2.77. The summed E-state index contributed by atoms with van der Waals surface area (Å²) in [4.78, 5) is 34.8. The van der Waals surface area contributed by atoms with Crippen LogP contribution < -0.4 is 10.2 Å². The number of nitrogens with zero attached hydrogens (tertiary/aromatic N) is 2. The minimum absolute atomic E-state index is 0.125. The molecule has 0 amide bonds. The van der Waals surface area contributed by atoms with Gasteiger partial charge in [-0.1, -0.05) is 0 Å². The second kappa shape index (κ2) is 7.99. The molecule has 2 aromatic heterocycles. The molecule has 1 radical (unpaired) electrons. The van der Waals surface area contributed by atoms with Gasteiger partial charge >= 0.3 is 174 Å². The molecule has 4 aromatic rings. The van der Waals surface area contributed by atoms with Crippen LogP contribution >= 0.6 is 0 Å². The van der Waals surface area contributed by atoms with E-state index in [0.717, 1.165) is 0 Å². The molecule has 0 fully saturated rings. The van der Waals surface area contributed by atoms with Gasteiger partial charge in [-0.05, 0) is 0 Å². The van der Waals surface area contributed by atoms with Crippen molar-refractivity contribution in [1.29, 1.82) is 0 Å². The van der Waals surface area contributed by atoms with Gasteiger partial charge in [0.05, 0.1) is 0 Å². The number of benzene rings is 2. The standard InChI is InChI=1S/C22H15N2O4Se/c1-2-27-21(26)17-18(13-8-4-3-5-9-13)23-22(29)24-19(17)15-12-28-16-11-7-6-10-14(16)20(15)25/h3-12H,2H2,1H3. The third-order valence-corrected chi connectivity index (χ3v) is 4.73. The number of hydrogen-bond donors (Lipinski definition) is 0. The fourth-order valence-corrected chi connectivity index (χ4v) is 3.46. The number of hydrogen-bond acceptors (Lipinski definition) is 6. The first-order chi connectivity index (χ1) is 14.1. The number of aromatic nitrogens is 2. The van der Waals surface area contributed by atoms with Crippen molar-refractivity contribution in [3.8, 4) is 22.5 Å². The van der Waals surface area contributed by atoms with Crippen LogP contribution in [0.3, 0.4) is 0 Å². The average Bonchev–Trinajstić information content (AvgIpc) is 2.74. The zero-order chi connectivity index (χ0) is 20.4. The monoisotopic (exact) mass is 451 g/mol. The van der Waals surface area contributed by atoms with E-state index in [1.165, 1.54) is 6.26 Å². The van der Waals surface area contributed by atoms with Crippen molar-refractivity contribution < 1.29 is 13.9 Å². The van der Waals surface area contributed by atoms with E-state index >= 15 is 0 Å². The van der Waals surface area contributed by atoms with Crippen LogP contribution in [-0.2, 0) is 4.74 Å². The van der Waals surface area contributed by atoms with Crippen LogP contribution in [0.2, 0.25) is 0 Å². The molecule has 0 bridgehead atoms. The molecule has 0 aliphatic heterocycles. The van der Waals surface area contributed by atoms with Gasteiger partial charge in [-0.3, -0.25) is 0 Å². The van der Waals surface area contributed by atoms with Crippen LogP contribution in [0, 0.1) is 0 Å². The quantitative estimate of drug-likeness (QED) is 0.351. The van der Waals surface area contributed by atoms with E-state index in [4.69, 9.17) is 9.15 Å². The van der Waals surface area contributed by atoms with E-state index in [9.17, 15) is 9.59 Å². The molecule has 0 saturated carbocycles. The number of carbonyl (C=O) groups is 1. The van der Waals surface area contributed by atoms with Crippen LogP contribution in [0.4, 0.5) is 0 Å². The van der Waals surface area contributed by atoms with E-state index in [1.807, 2.05) is 30.3 Å². The third kappa shape index (κ3) is 3.58. The van der Waals surface area contributed by atoms with Gasteiger partial charge in [0, 0.05) is 0 Å². The Morgan fingerprint density at radius 1 is 1.03 bits per heavy atom. The van der Waals surface area contributed by atoms with E-state index in [2.05, 4.69) is 26.0 Å². The number of esters is 1. The summed E-state index contributed by atoms with van der Waals surface area (Å²) in [7, 11) is 0. The molecule has 0 saturated heterocycles. The van der Waals surface area contributed by atoms with Gasteiger partial charge in [-0.25, -0.2) is 0 Å². The first-order valence-electron chi connectivity index (χ1n) is 8.92. The number of fused-ring (bicyclic) bond motifs is 1. The van der Waals surface area contributed by atoms with Crippen LogP contribution in [0.25, 0.3) is 33.5 Å². The van der Waals surface area contributed by atoms with Crippen LogP contribution in [0.1, 0.15) is 17.3 Å². The zero-order valence-corrected chi connectivity index (χ0v) is 17.1. The molecule has 0 aliphatic carbocycles. The number of rotatable bonds is 4. The average molecular weight is 450 g/mol. The molecule has 29 heavy (non-hydrogen) atoms. The van der Waals surface area contributed by atoms with Crippen molar-refractivity contribution >= 4 is 37.7 Å². The summed E-state index contributed by atoms with van der Waals surface area (Å²) in [6, 6.07) is 16.1. The van der Waals surface area contributed by atoms with Crippen molar-refractivity contribution in [2.24, 2.45) is 0 Å². The van der Waals surface area contributed by atoms with Crippen molar-refractivity contribution in [1.82, 2.24) is 9.97 Å². The Hall–Kier alpha value is -3.28. The van der Waals surface area contributed by atoms with Crippen LogP contribution in [0.5, 0.6) is 0 Å². The first kappa shape index (κ1) is 19.1. The number of para-hydroxylation sites is 1. The number of carbonyl (C=O) groups excluding carboxylic acids is 1. The zero-order valence-electron chi connectivity index (χ0n) is 15.4. The molecular weight excluding hydrogens is 435 g/mol. The summed E-state index contributed by atoms with van der Waals surface area (Å²) in [6.07, 6.45) is 1.32. The summed E-state index contributed by atoms with van der Waals surface area (Å²) in [5.74, 6) is -0.603. The van der Waals surface area contributed by atoms with Gasteiger partial charge in [-0.15, -0.1) is 0 Å². The molecule has 143 valence electrons. The normalized spacial score (nSPS) is 10.8. The molecular formula is C22H15N2O4Se. The molecule has 0 aliphatic rings. The van der Waals surface area contributed by atoms with Crippen molar-refractivity contribution in [3.63, 3.8) is 0 Å². The Kier molecular flexibility index (Phi) is 5.25. The summed E-state index contributed by atoms with van der Waals surface area (Å²) < 4.78 is 11.2. The Morgan fingerprint density at radius 2 is 1.72 bits per heavy atom. The molecule has 2 aromatic carbocycles. The molecule has 4 rings (SSSR count). The fourth-order valence-electron chi connectivity index (χ4n) is 3.08. The molecule has 2 heterocycles. The van der Waals surface area contributed by atoms with Crippen LogP contribution in [-0.4, -0.2) is 38.6 Å². The Balaban J connectivity index is 2.06. The third-order valence-electron chi connectivity index (χ3n) is 4.35. The minimum atomic E-state index is -0.603. The SMILES string of the molecule is CCOC(=O)c1c(-c2ccccc2)nc([Se])nc1-c1coc2ccccc2c1=O. The topological polar surface area (TPSA) is 82.3 Å². The predicted molar refractivity (Wildman–Crippen MR) is 110 cm³/mol. The molecule has 7 heteroatoms. The molecule has 0 N–H and O–H groups in total. The van der Waals surface area contributed by atoms with E-state index in [-0.39, 0.29) is 28.9 Å². The van der Waals surface area contributed by atoms with E-state index in [1.54, 1.807) is 31.2 Å². The Labute approximate surface area is 174 Å². The van der Waals surface area contributed by atoms with Gasteiger partial charge < -0.3 is 0 Å². The second-order valence-electron chi connectivity index (χ2n) is 6.14. The van der Waals surface area contributed by atoms with Gasteiger partial charge in [0.1, 0.15) is 0 Å². The maximum atomic E-state index is 13.1. The maximum absolute atomic E-state index is 13.1. The summed E-state index contributed by atoms with van der Waals surface area (Å²) in [6.45, 7) is 1.89. The van der Waals surface area contributed by atoms with Crippen LogP contribution in [0.15, 0.2) is 70.1 Å². The summed E-state index contributed by atoms with van der Waals surface area (Å²) in [5.41, 5.74) is 1.73. The van der Waals surface area contributed by atoms with Crippen molar-refractivity contribution in [2.75, 3.05) is 6.61 Å². The van der Waals surface area contributed by atoms with E-state index < -0.39 is 5.97 Å². The Bertz CT molecular complexity index is 1270. The van der Waals surface area contributed by atoms with E-state index in [0.29, 0.717) is 26.9 Å². The predicted octanol–water partition coefficient (Wildman–Crippen LogP) is 2.89. The molecule has 0 atom stereocenters. The van der Waals surface area contributed by atoms with Crippen molar-refractivity contribution in [3.05, 3.63) is 76.6 Å². The fraction of sp³-hybridized carbons (Fsp3) is 0.0909. The van der Waals surface area contributed by atoms with Gasteiger partial charge in [0.25, 0.3) is 0 Å². The first-order valence-corrected chi connectivity index (χ1v) is 9.78. The van der Waals surface area contributed by atoms with Gasteiger partial charge in [-0.2, -0.15) is 0 Å².